The van der Waals surface area contributed by atoms with E-state index in [2.05, 4.69) is 52.8 Å². The molecule has 2 aromatic carbocycles. The Morgan fingerprint density at radius 2 is 1.09 bits per heavy atom. The van der Waals surface area contributed by atoms with E-state index in [9.17, 15) is 73.2 Å². The first kappa shape index (κ1) is 67.5. The SMILES string of the molecule is CSCC[C@H](N)C(=O)N[C@@H](CC(C)C)C(=O)N[C@@H](CCC(N)=O)C(=O)N[C@@H](CC(C)C)C(=O)N[C@@H](Cc1ccc(O)cc1)C(=O)NCC(=O)N[C@@H](CO)C(=O)N[C@@H](C)C(=O)N[C@@H](Cc1c[nH]c2ccccc12)C(=O)N[C@@H](CO)C(=O)O. The summed E-state index contributed by atoms with van der Waals surface area (Å²) in [7, 11) is 0. The molecule has 18 N–H and O–H groups in total. The number of aliphatic hydroxyl groups is 2. The van der Waals surface area contributed by atoms with Crippen LogP contribution >= 0.6 is 11.8 Å². The molecule has 1 heterocycles. The number of carboxylic acids is 1. The molecule has 28 heteroatoms. The summed E-state index contributed by atoms with van der Waals surface area (Å²) in [5.74, 6) is -10.2. The molecule has 3 aromatic rings. The number of aromatic amines is 1. The number of carboxylic acid groups (broad SMARTS) is 1. The Morgan fingerprint density at radius 1 is 0.580 bits per heavy atom. The number of nitrogens with two attached hydrogens (primary N) is 2. The minimum Gasteiger partial charge on any atom is -0.508 e. The number of hydrogen-bond donors (Lipinski definition) is 16. The highest BCUT2D eigenvalue weighted by atomic mass is 32.2. The van der Waals surface area contributed by atoms with Crippen LogP contribution in [0.15, 0.2) is 54.7 Å². The van der Waals surface area contributed by atoms with Gasteiger partial charge in [0, 0.05) is 36.4 Å². The molecule has 0 spiro atoms. The van der Waals surface area contributed by atoms with Crippen molar-refractivity contribution in [2.24, 2.45) is 23.3 Å². The molecule has 446 valence electrons. The number of carbonyl (C=O) groups excluding carboxylic acids is 10. The number of carbonyl (C=O) groups is 11. The van der Waals surface area contributed by atoms with Gasteiger partial charge in [0.05, 0.1) is 25.8 Å². The van der Waals surface area contributed by atoms with Gasteiger partial charge in [-0.05, 0) is 85.8 Å². The lowest BCUT2D eigenvalue weighted by Gasteiger charge is -2.28. The van der Waals surface area contributed by atoms with Gasteiger partial charge in [-0.25, -0.2) is 4.79 Å². The summed E-state index contributed by atoms with van der Waals surface area (Å²) in [6.45, 7) is 5.59. The molecule has 9 atom stereocenters. The average Bonchev–Trinajstić information content (AvgIpc) is 3.90. The highest BCUT2D eigenvalue weighted by Gasteiger charge is 2.34. The maximum atomic E-state index is 14.2. The summed E-state index contributed by atoms with van der Waals surface area (Å²) < 4.78 is 0. The first-order valence-electron chi connectivity index (χ1n) is 26.3. The van der Waals surface area contributed by atoms with E-state index in [4.69, 9.17) is 11.5 Å². The molecule has 0 unspecified atom stereocenters. The number of phenolic OH excluding ortho intramolecular Hbond substituents is 1. The lowest BCUT2D eigenvalue weighted by Crippen LogP contribution is -2.60. The summed E-state index contributed by atoms with van der Waals surface area (Å²) in [6.07, 6.45) is 2.91. The fourth-order valence-corrected chi connectivity index (χ4v) is 8.59. The van der Waals surface area contributed by atoms with Gasteiger partial charge in [-0.1, -0.05) is 58.0 Å². The van der Waals surface area contributed by atoms with Crippen LogP contribution in [0, 0.1) is 11.8 Å². The second-order valence-electron chi connectivity index (χ2n) is 20.2. The molecular weight excluding hydrogens is 1080 g/mol. The minimum atomic E-state index is -1.71. The number of primary amides is 1. The Balaban J connectivity index is 1.76. The number of amides is 10. The molecule has 0 radical (unpaired) electrons. The predicted molar refractivity (Wildman–Crippen MR) is 298 cm³/mol. The number of rotatable bonds is 35. The van der Waals surface area contributed by atoms with E-state index < -0.39 is 139 Å². The number of phenols is 1. The standard InChI is InChI=1S/C53H78N12O15S/c1-27(2)19-37(62-46(72)34(54)17-18-81-6)49(75)60-36(15-16-43(55)69)48(74)63-38(20-28(3)4)50(76)64-39(21-30-11-13-32(68)14-12-30)47(73)57-24-44(70)59-41(25-66)52(78)58-29(5)45(71)61-40(51(77)65-42(26-67)53(79)80)22-31-23-56-35-10-8-7-9-33(31)35/h7-14,23,27-29,34,36-42,56,66-68H,15-22,24-26,54H2,1-6H3,(H2,55,69)(H,57,73)(H,58,78)(H,59,70)(H,60,75)(H,61,71)(H,62,72)(H,63,74)(H,64,76)(H,65,77)(H,79,80)/t29-,34-,36-,37-,38-,39-,40-,41-,42-/m0/s1. The summed E-state index contributed by atoms with van der Waals surface area (Å²) >= 11 is 1.49. The lowest BCUT2D eigenvalue weighted by molar-refractivity contribution is -0.143. The number of H-pyrrole nitrogens is 1. The number of nitrogens with one attached hydrogen (secondary N) is 10. The second-order valence-corrected chi connectivity index (χ2v) is 21.2. The lowest BCUT2D eigenvalue weighted by atomic mass is 9.99. The number of aromatic nitrogens is 1. The molecule has 0 fully saturated rings. The van der Waals surface area contributed by atoms with E-state index >= 15 is 0 Å². The van der Waals surface area contributed by atoms with Gasteiger partial charge in [0.1, 0.15) is 54.1 Å². The molecule has 0 saturated carbocycles. The van der Waals surface area contributed by atoms with Crippen LogP contribution in [-0.4, -0.2) is 177 Å². The fourth-order valence-electron chi connectivity index (χ4n) is 8.10. The molecule has 1 aromatic heterocycles. The van der Waals surface area contributed by atoms with Gasteiger partial charge < -0.3 is 84.7 Å². The van der Waals surface area contributed by atoms with Crippen LogP contribution in [0.1, 0.15) is 77.8 Å². The zero-order chi connectivity index (χ0) is 60.5. The smallest absolute Gasteiger partial charge is 0.328 e. The first-order valence-corrected chi connectivity index (χ1v) is 27.7. The molecular formula is C53H78N12O15S. The molecule has 0 aliphatic heterocycles. The van der Waals surface area contributed by atoms with Crippen molar-refractivity contribution < 1.29 is 73.2 Å². The highest BCUT2D eigenvalue weighted by molar-refractivity contribution is 7.98. The van der Waals surface area contributed by atoms with Crippen molar-refractivity contribution in [2.75, 3.05) is 31.8 Å². The van der Waals surface area contributed by atoms with Crippen molar-refractivity contribution in [1.29, 1.82) is 0 Å². The van der Waals surface area contributed by atoms with Crippen molar-refractivity contribution in [3.05, 3.63) is 65.9 Å². The average molecular weight is 1160 g/mol. The van der Waals surface area contributed by atoms with Crippen molar-refractivity contribution in [2.45, 2.75) is 134 Å². The van der Waals surface area contributed by atoms with E-state index in [0.717, 1.165) is 0 Å². The van der Waals surface area contributed by atoms with Crippen LogP contribution in [0.25, 0.3) is 10.9 Å². The Morgan fingerprint density at radius 3 is 1.65 bits per heavy atom. The molecule has 0 aliphatic carbocycles. The van der Waals surface area contributed by atoms with Gasteiger partial charge in [0.2, 0.25) is 59.1 Å². The van der Waals surface area contributed by atoms with Gasteiger partial charge in [-0.15, -0.1) is 0 Å². The number of aliphatic hydroxyl groups excluding tert-OH is 2. The van der Waals surface area contributed by atoms with E-state index in [1.807, 2.05) is 20.1 Å². The van der Waals surface area contributed by atoms with Crippen molar-refractivity contribution in [3.8, 4) is 5.75 Å². The largest absolute Gasteiger partial charge is 0.508 e. The third-order valence-electron chi connectivity index (χ3n) is 12.5. The second kappa shape index (κ2) is 33.7. The van der Waals surface area contributed by atoms with Gasteiger partial charge in [-0.2, -0.15) is 11.8 Å². The third kappa shape index (κ3) is 23.1. The number of thioether (sulfide) groups is 1. The minimum absolute atomic E-state index is 0.00632. The molecule has 81 heavy (non-hydrogen) atoms. The summed E-state index contributed by atoms with van der Waals surface area (Å²) in [5.41, 5.74) is 13.2. The van der Waals surface area contributed by atoms with Crippen molar-refractivity contribution in [3.63, 3.8) is 0 Å². The fraction of sp³-hybridized carbons (Fsp3) is 0.528. The van der Waals surface area contributed by atoms with E-state index in [-0.39, 0.29) is 56.1 Å². The normalized spacial score (nSPS) is 14.6. The van der Waals surface area contributed by atoms with Gasteiger partial charge in [0.25, 0.3) is 0 Å². The molecule has 0 bridgehead atoms. The van der Waals surface area contributed by atoms with E-state index in [0.29, 0.717) is 34.2 Å². The van der Waals surface area contributed by atoms with E-state index in [1.54, 1.807) is 44.3 Å². The zero-order valence-corrected chi connectivity index (χ0v) is 47.0. The number of fused-ring (bicyclic) bond motifs is 1. The van der Waals surface area contributed by atoms with Crippen LogP contribution in [-0.2, 0) is 65.6 Å². The van der Waals surface area contributed by atoms with Crippen LogP contribution < -0.4 is 59.3 Å². The number of aliphatic carboxylic acids is 1. The molecule has 0 saturated heterocycles. The Hall–Kier alpha value is -7.82. The third-order valence-corrected chi connectivity index (χ3v) is 13.2. The highest BCUT2D eigenvalue weighted by Crippen LogP contribution is 2.20. The molecule has 27 nitrogen and oxygen atoms in total. The monoisotopic (exact) mass is 1150 g/mol. The van der Waals surface area contributed by atoms with E-state index in [1.165, 1.54) is 43.0 Å². The Kier molecular flexibility index (Phi) is 28.1. The van der Waals surface area contributed by atoms with Crippen LogP contribution in [0.4, 0.5) is 0 Å². The van der Waals surface area contributed by atoms with Crippen molar-refractivity contribution in [1.82, 2.24) is 52.8 Å². The Bertz CT molecular complexity index is 2650. The zero-order valence-electron chi connectivity index (χ0n) is 46.2. The van der Waals surface area contributed by atoms with Gasteiger partial charge in [-0.3, -0.25) is 47.9 Å². The van der Waals surface area contributed by atoms with Crippen LogP contribution in [0.2, 0.25) is 0 Å². The maximum absolute atomic E-state index is 14.2. The summed E-state index contributed by atoms with van der Waals surface area (Å²) in [5, 5.41) is 61.8. The Labute approximate surface area is 472 Å². The first-order chi connectivity index (χ1) is 38.3. The number of aromatic hydroxyl groups is 1. The topological polar surface area (TPSA) is 445 Å². The number of benzene rings is 2. The maximum Gasteiger partial charge on any atom is 0.328 e. The number of para-hydroxylation sites is 1. The van der Waals surface area contributed by atoms with Gasteiger partial charge >= 0.3 is 5.97 Å². The summed E-state index contributed by atoms with van der Waals surface area (Å²) in [4.78, 5) is 149. The molecule has 0 aliphatic rings. The predicted octanol–water partition coefficient (Wildman–Crippen LogP) is -2.82. The van der Waals surface area contributed by atoms with Crippen molar-refractivity contribution >= 4 is 87.7 Å². The quantitative estimate of drug-likeness (QED) is 0.0282. The van der Waals surface area contributed by atoms with Crippen LogP contribution in [0.5, 0.6) is 5.75 Å². The molecule has 10 amide bonds. The number of hydrogen-bond acceptors (Lipinski definition) is 16. The summed E-state index contributed by atoms with van der Waals surface area (Å²) in [6, 6.07) is 0.0770. The molecule has 3 rings (SSSR count). The van der Waals surface area contributed by atoms with Gasteiger partial charge in [0.15, 0.2) is 0 Å². The van der Waals surface area contributed by atoms with Crippen LogP contribution in [0.3, 0.4) is 0 Å².